The highest BCUT2D eigenvalue weighted by Crippen LogP contribution is 2.20. The minimum absolute atomic E-state index is 0.209. The van der Waals surface area contributed by atoms with Crippen molar-refractivity contribution in [3.05, 3.63) is 0 Å². The fourth-order valence-electron chi connectivity index (χ4n) is 1.25. The molecule has 1 aliphatic carbocycles. The Labute approximate surface area is 59.9 Å². The molecule has 4 nitrogen and oxygen atoms in total. The van der Waals surface area contributed by atoms with E-state index in [4.69, 9.17) is 10.4 Å². The predicted molar refractivity (Wildman–Crippen MR) is 33.4 cm³/mol. The topological polar surface area (TPSA) is 56.4 Å². The quantitative estimate of drug-likeness (QED) is 0.355. The molecule has 0 saturated heterocycles. The molecule has 1 aliphatic rings. The van der Waals surface area contributed by atoms with E-state index in [9.17, 15) is 0 Å². The second-order valence-electron chi connectivity index (χ2n) is 2.54. The molecule has 0 unspecified atom stereocenters. The molecule has 58 valence electrons. The molecule has 0 atom stereocenters. The molecule has 0 heterocycles. The molecule has 0 bridgehead atoms. The van der Waals surface area contributed by atoms with Crippen molar-refractivity contribution >= 4 is 0 Å². The van der Waals surface area contributed by atoms with Crippen LogP contribution in [0.2, 0.25) is 0 Å². The molecule has 0 amide bonds. The lowest BCUT2D eigenvalue weighted by molar-refractivity contribution is -0.427. The summed E-state index contributed by atoms with van der Waals surface area (Å²) in [5.41, 5.74) is 4.72. The lowest BCUT2D eigenvalue weighted by Gasteiger charge is -2.17. The summed E-state index contributed by atoms with van der Waals surface area (Å²) in [5.74, 6) is 0. The van der Waals surface area contributed by atoms with Crippen molar-refractivity contribution < 1.29 is 15.4 Å². The van der Waals surface area contributed by atoms with E-state index in [-0.39, 0.29) is 6.10 Å². The number of hydrogen-bond acceptors (Lipinski definition) is 3. The van der Waals surface area contributed by atoms with Crippen LogP contribution in [-0.2, 0) is 9.88 Å². The zero-order valence-electron chi connectivity index (χ0n) is 5.95. The monoisotopic (exact) mass is 145 g/mol. The minimum atomic E-state index is 0.209. The van der Waals surface area contributed by atoms with Crippen LogP contribution >= 0.6 is 0 Å². The Kier molecular flexibility index (Phi) is 3.15. The Morgan fingerprint density at radius 3 is 2.50 bits per heavy atom. The van der Waals surface area contributed by atoms with Gasteiger partial charge in [0.2, 0.25) is 5.28 Å². The van der Waals surface area contributed by atoms with Gasteiger partial charge in [0.05, 0.1) is 0 Å². The van der Waals surface area contributed by atoms with Crippen LogP contribution < -0.4 is 5.53 Å². The first-order chi connectivity index (χ1) is 4.93. The third-order valence-electron chi connectivity index (χ3n) is 1.77. The maximum atomic E-state index is 4.84. The van der Waals surface area contributed by atoms with Crippen LogP contribution in [0.1, 0.15) is 32.1 Å². The van der Waals surface area contributed by atoms with Gasteiger partial charge in [0.15, 0.2) is 0 Å². The van der Waals surface area contributed by atoms with Crippen molar-refractivity contribution in [1.82, 2.24) is 0 Å². The van der Waals surface area contributed by atoms with E-state index < -0.39 is 0 Å². The molecule has 0 aromatic heterocycles. The first-order valence-electron chi connectivity index (χ1n) is 3.66. The fourth-order valence-corrected chi connectivity index (χ4v) is 1.25. The van der Waals surface area contributed by atoms with Gasteiger partial charge in [0, 0.05) is 0 Å². The van der Waals surface area contributed by atoms with Crippen LogP contribution in [-0.4, -0.2) is 6.10 Å². The van der Waals surface area contributed by atoms with Crippen molar-refractivity contribution in [1.29, 1.82) is 0 Å². The van der Waals surface area contributed by atoms with Crippen LogP contribution in [0.15, 0.2) is 5.28 Å². The van der Waals surface area contributed by atoms with Gasteiger partial charge in [-0.1, -0.05) is 19.3 Å². The molecule has 1 saturated carbocycles. The SMILES string of the molecule is [NH2+]=NOOC1CCCCC1. The number of rotatable bonds is 3. The van der Waals surface area contributed by atoms with Gasteiger partial charge in [-0.3, -0.25) is 0 Å². The summed E-state index contributed by atoms with van der Waals surface area (Å²) in [7, 11) is 0. The molecule has 10 heavy (non-hydrogen) atoms. The minimum Gasteiger partial charge on any atom is -0.163 e. The highest BCUT2D eigenvalue weighted by Gasteiger charge is 2.14. The second-order valence-corrected chi connectivity index (χ2v) is 2.54. The Morgan fingerprint density at radius 1 is 1.20 bits per heavy atom. The highest BCUT2D eigenvalue weighted by molar-refractivity contribution is 4.63. The van der Waals surface area contributed by atoms with Crippen molar-refractivity contribution in [3.8, 4) is 0 Å². The number of nitrogens with zero attached hydrogens (tertiary/aromatic N) is 1. The summed E-state index contributed by atoms with van der Waals surface area (Å²) in [6.45, 7) is 0. The summed E-state index contributed by atoms with van der Waals surface area (Å²) < 4.78 is 0. The normalized spacial score (nSPS) is 20.4. The molecule has 2 N–H and O–H groups in total. The molecule has 1 rings (SSSR count). The zero-order chi connectivity index (χ0) is 7.23. The molecule has 4 heteroatoms. The van der Waals surface area contributed by atoms with Crippen molar-refractivity contribution in [2.24, 2.45) is 5.28 Å². The molecular weight excluding hydrogens is 132 g/mol. The van der Waals surface area contributed by atoms with Gasteiger partial charge in [-0.05, 0) is 12.8 Å². The smallest absolute Gasteiger partial charge is 0.163 e. The van der Waals surface area contributed by atoms with Crippen LogP contribution in [0.25, 0.3) is 0 Å². The average molecular weight is 145 g/mol. The van der Waals surface area contributed by atoms with Crippen molar-refractivity contribution in [3.63, 3.8) is 0 Å². The lowest BCUT2D eigenvalue weighted by atomic mass is 9.98. The van der Waals surface area contributed by atoms with E-state index >= 15 is 0 Å². The zero-order valence-corrected chi connectivity index (χ0v) is 5.95. The van der Waals surface area contributed by atoms with E-state index in [0.717, 1.165) is 12.8 Å². The van der Waals surface area contributed by atoms with E-state index in [1.54, 1.807) is 0 Å². The van der Waals surface area contributed by atoms with Gasteiger partial charge in [-0.2, -0.15) is 9.88 Å². The van der Waals surface area contributed by atoms with Crippen molar-refractivity contribution in [2.45, 2.75) is 38.2 Å². The van der Waals surface area contributed by atoms with Crippen LogP contribution in [0.4, 0.5) is 0 Å². The fraction of sp³-hybridized carbons (Fsp3) is 1.00. The summed E-state index contributed by atoms with van der Waals surface area (Å²) in [4.78, 5) is 9.12. The number of hydrogen-bond donors (Lipinski definition) is 1. The first-order valence-corrected chi connectivity index (χ1v) is 3.66. The Morgan fingerprint density at radius 2 is 1.90 bits per heavy atom. The van der Waals surface area contributed by atoms with E-state index in [1.165, 1.54) is 19.3 Å². The molecular formula is C6H13N2O2+. The largest absolute Gasteiger partial charge is 0.217 e. The molecule has 0 radical (unpaired) electrons. The molecule has 0 aromatic rings. The predicted octanol–water partition coefficient (Wildman–Crippen LogP) is 0.394. The standard InChI is InChI=1S/C6H12N2O2/c7-8-10-9-6-4-2-1-3-5-6/h6-7H,1-5H2/p+1. The Bertz CT molecular complexity index is 102. The van der Waals surface area contributed by atoms with E-state index in [1.807, 2.05) is 0 Å². The summed E-state index contributed by atoms with van der Waals surface area (Å²) in [5, 5.41) is 2.91. The van der Waals surface area contributed by atoms with E-state index in [2.05, 4.69) is 10.3 Å². The Balaban J connectivity index is 2.07. The average Bonchev–Trinajstić information content (AvgIpc) is 2.03. The summed E-state index contributed by atoms with van der Waals surface area (Å²) in [6.07, 6.45) is 6.09. The third kappa shape index (κ3) is 2.31. The second kappa shape index (κ2) is 4.22. The maximum absolute atomic E-state index is 4.84. The number of nitrogens with two attached hydrogens (primary N) is 1. The van der Waals surface area contributed by atoms with Crippen molar-refractivity contribution in [2.75, 3.05) is 0 Å². The van der Waals surface area contributed by atoms with E-state index in [0.29, 0.717) is 0 Å². The van der Waals surface area contributed by atoms with Gasteiger partial charge in [0.1, 0.15) is 6.10 Å². The van der Waals surface area contributed by atoms with Crippen LogP contribution in [0.3, 0.4) is 0 Å². The summed E-state index contributed by atoms with van der Waals surface area (Å²) in [6, 6.07) is 0. The third-order valence-corrected chi connectivity index (χ3v) is 1.77. The van der Waals surface area contributed by atoms with Crippen LogP contribution in [0.5, 0.6) is 0 Å². The lowest BCUT2D eigenvalue weighted by Crippen LogP contribution is -2.25. The molecule has 0 aliphatic heterocycles. The highest BCUT2D eigenvalue weighted by atomic mass is 17.3. The Hall–Kier alpha value is -0.640. The molecule has 0 spiro atoms. The van der Waals surface area contributed by atoms with Crippen LogP contribution in [0, 0.1) is 0 Å². The van der Waals surface area contributed by atoms with Gasteiger partial charge < -0.3 is 0 Å². The maximum Gasteiger partial charge on any atom is 0.217 e. The van der Waals surface area contributed by atoms with Gasteiger partial charge in [-0.15, -0.1) is 5.53 Å². The molecule has 1 fully saturated rings. The van der Waals surface area contributed by atoms with Gasteiger partial charge in [0.25, 0.3) is 0 Å². The van der Waals surface area contributed by atoms with Gasteiger partial charge >= 0.3 is 0 Å². The summed E-state index contributed by atoms with van der Waals surface area (Å²) >= 11 is 0. The first kappa shape index (κ1) is 7.47. The molecule has 0 aromatic carbocycles. The van der Waals surface area contributed by atoms with Gasteiger partial charge in [-0.25, -0.2) is 0 Å².